The summed E-state index contributed by atoms with van der Waals surface area (Å²) in [6.07, 6.45) is 18.0. The highest BCUT2D eigenvalue weighted by atomic mass is 32.2. The Labute approximate surface area is 310 Å². The molecule has 0 aromatic heterocycles. The molecule has 1 aliphatic heterocycles. The van der Waals surface area contributed by atoms with Gasteiger partial charge in [0.1, 0.15) is 18.8 Å². The highest BCUT2D eigenvalue weighted by molar-refractivity contribution is 7.88. The summed E-state index contributed by atoms with van der Waals surface area (Å²) in [4.78, 5) is 34.9. The predicted molar refractivity (Wildman–Crippen MR) is 206 cm³/mol. The van der Waals surface area contributed by atoms with Gasteiger partial charge in [-0.25, -0.2) is 14.4 Å². The quantitative estimate of drug-likeness (QED) is 0.0350. The minimum atomic E-state index is -3.96. The third-order valence-corrected chi connectivity index (χ3v) is 8.31. The van der Waals surface area contributed by atoms with Crippen LogP contribution in [0.1, 0.15) is 103 Å². The van der Waals surface area contributed by atoms with Crippen molar-refractivity contribution in [2.45, 2.75) is 110 Å². The van der Waals surface area contributed by atoms with Crippen LogP contribution in [0.2, 0.25) is 0 Å². The summed E-state index contributed by atoms with van der Waals surface area (Å²) in [5, 5.41) is 10.0. The molecule has 288 valence electrons. The van der Waals surface area contributed by atoms with Crippen LogP contribution in [0.5, 0.6) is 0 Å². The number of hydrogen-bond donors (Lipinski definition) is 2. The molecule has 2 N–H and O–H groups in total. The number of carboxylic acids is 1. The summed E-state index contributed by atoms with van der Waals surface area (Å²) < 4.78 is 43.5. The zero-order valence-corrected chi connectivity index (χ0v) is 31.9. The van der Waals surface area contributed by atoms with E-state index in [9.17, 15) is 27.9 Å². The van der Waals surface area contributed by atoms with E-state index in [0.717, 1.165) is 56.4 Å². The zero-order valence-electron chi connectivity index (χ0n) is 31.1. The molecule has 0 radical (unpaired) electrons. The summed E-state index contributed by atoms with van der Waals surface area (Å²) in [5.74, 6) is -0.955. The molecule has 1 atom stereocenters. The number of carbonyl (C=O) groups is 3. The topological polar surface area (TPSA) is 157 Å². The second-order valence-corrected chi connectivity index (χ2v) is 14.6. The van der Waals surface area contributed by atoms with Crippen LogP contribution in [0.15, 0.2) is 96.0 Å². The van der Waals surface area contributed by atoms with E-state index >= 15 is 0 Å². The van der Waals surface area contributed by atoms with E-state index < -0.39 is 22.1 Å². The number of esters is 2. The fraction of sp³-hybridized carbons (Fsp3) is 0.488. The number of carboxylic acid groups (broad SMARTS) is 1. The normalized spacial score (nSPS) is 15.9. The minimum absolute atomic E-state index is 0.00163. The number of allylic oxidation sites excluding steroid dienone is 3. The number of carbonyl (C=O) groups excluding carboxylic acids is 2. The molecule has 10 nitrogen and oxygen atoms in total. The lowest BCUT2D eigenvalue weighted by molar-refractivity contribution is -0.145. The van der Waals surface area contributed by atoms with Crippen molar-refractivity contribution in [3.05, 3.63) is 102 Å². The van der Waals surface area contributed by atoms with Gasteiger partial charge in [-0.3, -0.25) is 4.55 Å². The first-order valence-electron chi connectivity index (χ1n) is 17.9. The van der Waals surface area contributed by atoms with Crippen LogP contribution in [0.3, 0.4) is 0 Å². The molecule has 3 rings (SSSR count). The SMILES string of the molecule is C=C(C)C=CS(=O)(=O)O.C=C(C=Cc1ccccc1)C(=O)OCC1CO1.C=C(CC=C(CCCCCCC(C)C)C(=O)O)C(=O)OC1CCCCC1. The van der Waals surface area contributed by atoms with Gasteiger partial charge in [0.15, 0.2) is 0 Å². The molecule has 1 aromatic carbocycles. The molecule has 52 heavy (non-hydrogen) atoms. The van der Waals surface area contributed by atoms with Crippen LogP contribution in [0.4, 0.5) is 0 Å². The van der Waals surface area contributed by atoms with Gasteiger partial charge in [-0.15, -0.1) is 0 Å². The Morgan fingerprint density at radius 2 is 1.60 bits per heavy atom. The maximum Gasteiger partial charge on any atom is 0.337 e. The van der Waals surface area contributed by atoms with Crippen LogP contribution in [0.25, 0.3) is 6.08 Å². The Bertz CT molecular complexity index is 1490. The summed E-state index contributed by atoms with van der Waals surface area (Å²) >= 11 is 0. The summed E-state index contributed by atoms with van der Waals surface area (Å²) in [5.41, 5.74) is 2.65. The third-order valence-electron chi connectivity index (χ3n) is 7.83. The molecule has 1 unspecified atom stereocenters. The average molecular weight is 743 g/mol. The predicted octanol–water partition coefficient (Wildman–Crippen LogP) is 8.98. The van der Waals surface area contributed by atoms with Gasteiger partial charge in [0.05, 0.1) is 17.6 Å². The lowest BCUT2D eigenvalue weighted by atomic mass is 9.97. The van der Waals surface area contributed by atoms with Gasteiger partial charge >= 0.3 is 17.9 Å². The molecular weight excluding hydrogens is 685 g/mol. The number of rotatable bonds is 19. The van der Waals surface area contributed by atoms with E-state index in [-0.39, 0.29) is 24.6 Å². The van der Waals surface area contributed by atoms with Crippen LogP contribution < -0.4 is 0 Å². The lowest BCUT2D eigenvalue weighted by Crippen LogP contribution is -2.21. The second-order valence-electron chi connectivity index (χ2n) is 13.3. The lowest BCUT2D eigenvalue weighted by Gasteiger charge is -2.22. The fourth-order valence-corrected chi connectivity index (χ4v) is 5.13. The number of aliphatic carboxylic acids is 1. The summed E-state index contributed by atoms with van der Waals surface area (Å²) in [6.45, 7) is 17.9. The maximum absolute atomic E-state index is 12.1. The zero-order chi connectivity index (χ0) is 38.9. The molecule has 1 aliphatic carbocycles. The van der Waals surface area contributed by atoms with Gasteiger partial charge < -0.3 is 19.3 Å². The van der Waals surface area contributed by atoms with Crippen LogP contribution in [-0.4, -0.2) is 61.4 Å². The van der Waals surface area contributed by atoms with Crippen LogP contribution in [-0.2, 0) is 38.7 Å². The Kier molecular flexibility index (Phi) is 22.8. The first-order chi connectivity index (χ1) is 24.6. The molecule has 2 fully saturated rings. The first-order valence-corrected chi connectivity index (χ1v) is 19.4. The Balaban J connectivity index is 0.000000442. The van der Waals surface area contributed by atoms with Gasteiger partial charge in [0, 0.05) is 11.1 Å². The smallest absolute Gasteiger partial charge is 0.337 e. The van der Waals surface area contributed by atoms with Gasteiger partial charge in [-0.05, 0) is 75.5 Å². The van der Waals surface area contributed by atoms with E-state index in [0.29, 0.717) is 47.3 Å². The molecule has 1 saturated heterocycles. The highest BCUT2D eigenvalue weighted by Crippen LogP contribution is 2.22. The Morgan fingerprint density at radius 3 is 2.13 bits per heavy atom. The van der Waals surface area contributed by atoms with Crippen molar-refractivity contribution in [2.24, 2.45) is 5.92 Å². The Morgan fingerprint density at radius 1 is 0.962 bits per heavy atom. The van der Waals surface area contributed by atoms with E-state index in [1.165, 1.54) is 25.3 Å². The average Bonchev–Trinajstić information content (AvgIpc) is 3.93. The van der Waals surface area contributed by atoms with Gasteiger partial charge in [0.2, 0.25) is 0 Å². The number of unbranched alkanes of at least 4 members (excludes halogenated alkanes) is 3. The second kappa shape index (κ2) is 25.8. The monoisotopic (exact) mass is 742 g/mol. The number of benzene rings is 1. The fourth-order valence-electron chi connectivity index (χ4n) is 4.72. The summed E-state index contributed by atoms with van der Waals surface area (Å²) in [7, 11) is -3.96. The van der Waals surface area contributed by atoms with Crippen molar-refractivity contribution in [1.29, 1.82) is 0 Å². The van der Waals surface area contributed by atoms with Gasteiger partial charge in [-0.2, -0.15) is 8.42 Å². The molecular formula is C41H58O10S. The van der Waals surface area contributed by atoms with Crippen molar-refractivity contribution in [2.75, 3.05) is 13.2 Å². The number of hydrogen-bond acceptors (Lipinski definition) is 8. The molecule has 0 spiro atoms. The molecule has 1 heterocycles. The van der Waals surface area contributed by atoms with E-state index in [1.54, 1.807) is 19.1 Å². The molecule has 1 aromatic rings. The maximum atomic E-state index is 12.1. The first kappa shape index (κ1) is 46.0. The van der Waals surface area contributed by atoms with E-state index in [1.807, 2.05) is 36.4 Å². The van der Waals surface area contributed by atoms with Gasteiger partial charge in [-0.1, -0.05) is 114 Å². The minimum Gasteiger partial charge on any atom is -0.478 e. The van der Waals surface area contributed by atoms with E-state index in [4.69, 9.17) is 18.8 Å². The number of ether oxygens (including phenoxy) is 3. The molecule has 0 amide bonds. The van der Waals surface area contributed by atoms with Crippen molar-refractivity contribution in [1.82, 2.24) is 0 Å². The van der Waals surface area contributed by atoms with Crippen molar-refractivity contribution < 1.29 is 46.7 Å². The molecule has 1 saturated carbocycles. The third kappa shape index (κ3) is 25.0. The standard InChI is InChI=1S/C22H36O4.C14H14O3.C5H8O3S/c1-17(2)11-7-4-5-8-12-19(21(23)24)16-15-18(3)22(25)26-20-13-9-6-10-14-20;1-11(14(15)17-10-13-9-16-13)7-8-12-5-3-2-4-6-12;1-5(2)3-4-9(6,7)8/h16-17,20H,3-15H2,1-2H3,(H,23,24);2-8,13H,1,9-10H2;3-4H,1H2,2H3,(H,6,7,8). The van der Waals surface area contributed by atoms with Crippen molar-refractivity contribution >= 4 is 34.1 Å². The number of epoxide rings is 1. The highest BCUT2D eigenvalue weighted by Gasteiger charge is 2.24. The van der Waals surface area contributed by atoms with Gasteiger partial charge in [0.25, 0.3) is 10.1 Å². The van der Waals surface area contributed by atoms with Crippen molar-refractivity contribution in [3.63, 3.8) is 0 Å². The van der Waals surface area contributed by atoms with Crippen molar-refractivity contribution in [3.8, 4) is 0 Å². The van der Waals surface area contributed by atoms with Crippen LogP contribution >= 0.6 is 0 Å². The molecule has 2 aliphatic rings. The van der Waals surface area contributed by atoms with Crippen LogP contribution in [0, 0.1) is 5.92 Å². The largest absolute Gasteiger partial charge is 0.478 e. The molecule has 0 bridgehead atoms. The summed E-state index contributed by atoms with van der Waals surface area (Å²) in [6, 6.07) is 9.72. The molecule has 11 heteroatoms. The Hall–Kier alpha value is -4.06. The van der Waals surface area contributed by atoms with E-state index in [2.05, 4.69) is 33.6 Å².